The maximum absolute atomic E-state index is 13.2. The van der Waals surface area contributed by atoms with Crippen molar-refractivity contribution < 1.29 is 32.5 Å². The first-order valence-corrected chi connectivity index (χ1v) is 8.76. The molecule has 0 saturated heterocycles. The van der Waals surface area contributed by atoms with Gasteiger partial charge in [0.05, 0.1) is 10.6 Å². The summed E-state index contributed by atoms with van der Waals surface area (Å²) in [5.41, 5.74) is -0.230. The van der Waals surface area contributed by atoms with Crippen LogP contribution >= 0.6 is 34.8 Å². The summed E-state index contributed by atoms with van der Waals surface area (Å²) < 4.78 is 50.0. The van der Waals surface area contributed by atoms with Crippen molar-refractivity contribution in [2.75, 3.05) is 0 Å². The molecule has 1 unspecified atom stereocenters. The second kappa shape index (κ2) is 7.39. The molecule has 1 aliphatic rings. The third-order valence-corrected chi connectivity index (χ3v) is 5.01. The molecular formula is C18H10Cl3F3O4. The van der Waals surface area contributed by atoms with Crippen molar-refractivity contribution in [1.82, 2.24) is 0 Å². The van der Waals surface area contributed by atoms with Gasteiger partial charge in [0.25, 0.3) is 0 Å². The summed E-state index contributed by atoms with van der Waals surface area (Å²) in [6, 6.07) is 5.34. The van der Waals surface area contributed by atoms with E-state index in [4.69, 9.17) is 49.4 Å². The Balaban J connectivity index is 2.02. The molecular weight excluding hydrogens is 444 g/mol. The van der Waals surface area contributed by atoms with E-state index in [2.05, 4.69) is 0 Å². The van der Waals surface area contributed by atoms with Crippen molar-refractivity contribution in [2.24, 2.45) is 0 Å². The second-order valence-electron chi connectivity index (χ2n) is 5.88. The minimum Gasteiger partial charge on any atom is -0.478 e. The van der Waals surface area contributed by atoms with Crippen LogP contribution in [0.25, 0.3) is 6.08 Å². The van der Waals surface area contributed by atoms with E-state index in [9.17, 15) is 18.0 Å². The number of alkyl halides is 3. The zero-order valence-corrected chi connectivity index (χ0v) is 16.2. The number of hydrogen-bond donors (Lipinski definition) is 1. The summed E-state index contributed by atoms with van der Waals surface area (Å²) in [6.07, 6.45) is -6.66. The van der Waals surface area contributed by atoms with Crippen LogP contribution in [0.2, 0.25) is 15.1 Å². The summed E-state index contributed by atoms with van der Waals surface area (Å²) in [6.45, 7) is 1.71. The molecule has 2 aromatic carbocycles. The Morgan fingerprint density at radius 2 is 1.71 bits per heavy atom. The standard InChI is InChI=1S/C18H10Cl3F3O4/c1-7-11(19)4-9(5-12(7)20)27-15-6-14-8(3-13(15)21)2-10(17(25)26)16(28-14)18(22,23)24/h2-6,16H,1H3,(H,25,26). The van der Waals surface area contributed by atoms with Gasteiger partial charge in [-0.2, -0.15) is 13.2 Å². The normalized spacial score (nSPS) is 16.1. The van der Waals surface area contributed by atoms with Crippen LogP contribution in [0, 0.1) is 6.92 Å². The number of halogens is 6. The summed E-state index contributed by atoms with van der Waals surface area (Å²) in [5, 5.41) is 9.75. The molecule has 1 N–H and O–H groups in total. The fourth-order valence-electron chi connectivity index (χ4n) is 2.50. The predicted octanol–water partition coefficient (Wildman–Crippen LogP) is 6.54. The molecule has 0 saturated carbocycles. The lowest BCUT2D eigenvalue weighted by molar-refractivity contribution is -0.187. The lowest BCUT2D eigenvalue weighted by Crippen LogP contribution is -2.40. The fraction of sp³-hybridized carbons (Fsp3) is 0.167. The number of carbonyl (C=O) groups is 1. The molecule has 1 aliphatic heterocycles. The first-order valence-electron chi connectivity index (χ1n) is 7.62. The van der Waals surface area contributed by atoms with Crippen molar-refractivity contribution in [3.63, 3.8) is 0 Å². The number of hydrogen-bond acceptors (Lipinski definition) is 3. The van der Waals surface area contributed by atoms with Gasteiger partial charge in [0.2, 0.25) is 6.10 Å². The van der Waals surface area contributed by atoms with Crippen LogP contribution in [-0.4, -0.2) is 23.4 Å². The average Bonchev–Trinajstić information content (AvgIpc) is 2.58. The van der Waals surface area contributed by atoms with Gasteiger partial charge < -0.3 is 14.6 Å². The highest BCUT2D eigenvalue weighted by atomic mass is 35.5. The first-order chi connectivity index (χ1) is 13.0. The molecule has 0 amide bonds. The topological polar surface area (TPSA) is 55.8 Å². The van der Waals surface area contributed by atoms with Crippen molar-refractivity contribution >= 4 is 46.8 Å². The molecule has 0 radical (unpaired) electrons. The second-order valence-corrected chi connectivity index (χ2v) is 7.10. The van der Waals surface area contributed by atoms with Crippen molar-refractivity contribution in [2.45, 2.75) is 19.2 Å². The van der Waals surface area contributed by atoms with Crippen molar-refractivity contribution in [1.29, 1.82) is 0 Å². The van der Waals surface area contributed by atoms with Crippen molar-refractivity contribution in [3.8, 4) is 17.2 Å². The number of carboxylic acids is 1. The SMILES string of the molecule is Cc1c(Cl)cc(Oc2cc3c(cc2Cl)C=C(C(=O)O)C(C(F)(F)F)O3)cc1Cl. The zero-order chi connectivity index (χ0) is 20.8. The highest BCUT2D eigenvalue weighted by molar-refractivity contribution is 6.36. The monoisotopic (exact) mass is 452 g/mol. The predicted molar refractivity (Wildman–Crippen MR) is 98.8 cm³/mol. The van der Waals surface area contributed by atoms with Gasteiger partial charge in [0.15, 0.2) is 0 Å². The Bertz CT molecular complexity index is 979. The van der Waals surface area contributed by atoms with Crippen LogP contribution in [0.3, 0.4) is 0 Å². The molecule has 0 aliphatic carbocycles. The Morgan fingerprint density at radius 1 is 1.11 bits per heavy atom. The first kappa shape index (κ1) is 20.6. The molecule has 1 heterocycles. The van der Waals surface area contributed by atoms with Crippen LogP contribution in [0.5, 0.6) is 17.2 Å². The maximum Gasteiger partial charge on any atom is 0.430 e. The highest BCUT2D eigenvalue weighted by Crippen LogP contribution is 2.43. The summed E-state index contributed by atoms with van der Waals surface area (Å²) in [4.78, 5) is 11.2. The minimum atomic E-state index is -4.92. The average molecular weight is 454 g/mol. The van der Waals surface area contributed by atoms with Crippen LogP contribution in [-0.2, 0) is 4.79 Å². The number of fused-ring (bicyclic) bond motifs is 1. The van der Waals surface area contributed by atoms with Gasteiger partial charge in [-0.05, 0) is 36.8 Å². The molecule has 148 valence electrons. The Morgan fingerprint density at radius 3 is 2.25 bits per heavy atom. The summed E-state index contributed by atoms with van der Waals surface area (Å²) in [5.74, 6) is -1.76. The van der Waals surface area contributed by atoms with Crippen LogP contribution < -0.4 is 9.47 Å². The molecule has 10 heteroatoms. The number of rotatable bonds is 3. The minimum absolute atomic E-state index is 0.00972. The lowest BCUT2D eigenvalue weighted by atomic mass is 10.0. The molecule has 0 aromatic heterocycles. The van der Waals surface area contributed by atoms with E-state index in [-0.39, 0.29) is 27.8 Å². The molecule has 1 atom stereocenters. The number of aliphatic carboxylic acids is 1. The molecule has 0 spiro atoms. The van der Waals surface area contributed by atoms with E-state index in [1.807, 2.05) is 0 Å². The van der Waals surface area contributed by atoms with Gasteiger partial charge in [-0.3, -0.25) is 0 Å². The summed E-state index contributed by atoms with van der Waals surface area (Å²) in [7, 11) is 0. The Hall–Kier alpha value is -2.09. The molecule has 28 heavy (non-hydrogen) atoms. The van der Waals surface area contributed by atoms with E-state index in [0.29, 0.717) is 15.6 Å². The van der Waals surface area contributed by atoms with Gasteiger partial charge in [-0.15, -0.1) is 0 Å². The van der Waals surface area contributed by atoms with Gasteiger partial charge >= 0.3 is 12.1 Å². The quantitative estimate of drug-likeness (QED) is 0.573. The molecule has 4 nitrogen and oxygen atoms in total. The number of benzene rings is 2. The number of ether oxygens (including phenoxy) is 2. The van der Waals surface area contributed by atoms with E-state index in [1.165, 1.54) is 18.2 Å². The Labute approximate surface area is 172 Å². The van der Waals surface area contributed by atoms with Crippen molar-refractivity contribution in [3.05, 3.63) is 56.0 Å². The molecule has 3 rings (SSSR count). The third kappa shape index (κ3) is 4.01. The van der Waals surface area contributed by atoms with E-state index in [0.717, 1.165) is 12.1 Å². The van der Waals surface area contributed by atoms with Gasteiger partial charge in [0.1, 0.15) is 17.2 Å². The highest BCUT2D eigenvalue weighted by Gasteiger charge is 2.48. The third-order valence-electron chi connectivity index (χ3n) is 3.93. The lowest BCUT2D eigenvalue weighted by Gasteiger charge is -2.27. The molecule has 0 bridgehead atoms. The zero-order valence-electron chi connectivity index (χ0n) is 13.9. The largest absolute Gasteiger partial charge is 0.478 e. The van der Waals surface area contributed by atoms with E-state index in [1.54, 1.807) is 6.92 Å². The Kier molecular flexibility index (Phi) is 5.44. The van der Waals surface area contributed by atoms with Crippen LogP contribution in [0.4, 0.5) is 13.2 Å². The molecule has 0 fully saturated rings. The number of carboxylic acid groups (broad SMARTS) is 1. The summed E-state index contributed by atoms with van der Waals surface area (Å²) >= 11 is 18.2. The maximum atomic E-state index is 13.2. The fourth-order valence-corrected chi connectivity index (χ4v) is 3.18. The van der Waals surface area contributed by atoms with E-state index >= 15 is 0 Å². The molecule has 2 aromatic rings. The van der Waals surface area contributed by atoms with Gasteiger partial charge in [-0.1, -0.05) is 34.8 Å². The van der Waals surface area contributed by atoms with Gasteiger partial charge in [0, 0.05) is 21.7 Å². The van der Waals surface area contributed by atoms with Gasteiger partial charge in [-0.25, -0.2) is 4.79 Å². The van der Waals surface area contributed by atoms with E-state index < -0.39 is 23.8 Å². The van der Waals surface area contributed by atoms with Crippen LogP contribution in [0.1, 0.15) is 11.1 Å². The van der Waals surface area contributed by atoms with Crippen LogP contribution in [0.15, 0.2) is 29.8 Å². The smallest absolute Gasteiger partial charge is 0.430 e.